The molecule has 2 rings (SSSR count). The summed E-state index contributed by atoms with van der Waals surface area (Å²) in [6.45, 7) is 0.568. The van der Waals surface area contributed by atoms with Gasteiger partial charge in [0.1, 0.15) is 5.01 Å². The Morgan fingerprint density at radius 1 is 1.26 bits per heavy atom. The molecular formula is C16H19N3O3S. The van der Waals surface area contributed by atoms with Gasteiger partial charge in [0.15, 0.2) is 0 Å². The Bertz CT molecular complexity index is 643. The van der Waals surface area contributed by atoms with Gasteiger partial charge in [-0.15, -0.1) is 11.3 Å². The number of hydrogen-bond donors (Lipinski definition) is 2. The number of rotatable bonds is 9. The maximum atomic E-state index is 11.8. The van der Waals surface area contributed by atoms with Gasteiger partial charge >= 0.3 is 5.97 Å². The molecule has 0 bridgehead atoms. The van der Waals surface area contributed by atoms with E-state index in [1.807, 2.05) is 17.5 Å². The molecule has 0 saturated heterocycles. The number of carbonyl (C=O) groups is 2. The lowest BCUT2D eigenvalue weighted by Gasteiger charge is -2.03. The highest BCUT2D eigenvalue weighted by molar-refractivity contribution is 7.13. The number of carboxylic acid groups (broad SMARTS) is 1. The highest BCUT2D eigenvalue weighted by Crippen LogP contribution is 2.22. The third kappa shape index (κ3) is 6.15. The number of carbonyl (C=O) groups excluding carboxylic acids is 1. The maximum Gasteiger partial charge on any atom is 0.303 e. The summed E-state index contributed by atoms with van der Waals surface area (Å²) in [5.74, 6) is -0.840. The molecule has 0 radical (unpaired) electrons. The van der Waals surface area contributed by atoms with Crippen LogP contribution in [0.4, 0.5) is 0 Å². The highest BCUT2D eigenvalue weighted by atomic mass is 32.1. The molecule has 7 heteroatoms. The van der Waals surface area contributed by atoms with Crippen LogP contribution in [-0.2, 0) is 16.0 Å². The van der Waals surface area contributed by atoms with Gasteiger partial charge in [0.2, 0.25) is 5.91 Å². The normalized spacial score (nSPS) is 10.4. The predicted octanol–water partition coefficient (Wildman–Crippen LogP) is 2.51. The second-order valence-corrected chi connectivity index (χ2v) is 5.97. The second-order valence-electron chi connectivity index (χ2n) is 5.12. The number of carboxylic acids is 1. The van der Waals surface area contributed by atoms with E-state index in [1.165, 1.54) is 11.3 Å². The van der Waals surface area contributed by atoms with Crippen molar-refractivity contribution in [3.63, 3.8) is 0 Å². The quantitative estimate of drug-likeness (QED) is 0.688. The summed E-state index contributed by atoms with van der Waals surface area (Å²) in [7, 11) is 0. The first-order valence-electron chi connectivity index (χ1n) is 7.48. The fourth-order valence-electron chi connectivity index (χ4n) is 2.04. The number of aromatic nitrogens is 2. The third-order valence-electron chi connectivity index (χ3n) is 3.19. The molecule has 0 unspecified atom stereocenters. The molecule has 2 heterocycles. The monoisotopic (exact) mass is 333 g/mol. The Kier molecular flexibility index (Phi) is 6.68. The van der Waals surface area contributed by atoms with Gasteiger partial charge in [-0.1, -0.05) is 6.42 Å². The van der Waals surface area contributed by atoms with Crippen molar-refractivity contribution in [3.05, 3.63) is 35.6 Å². The Balaban J connectivity index is 1.70. The molecule has 2 N–H and O–H groups in total. The molecule has 0 aromatic carbocycles. The first-order valence-corrected chi connectivity index (χ1v) is 8.36. The smallest absolute Gasteiger partial charge is 0.303 e. The molecule has 23 heavy (non-hydrogen) atoms. The van der Waals surface area contributed by atoms with E-state index in [2.05, 4.69) is 15.3 Å². The number of aliphatic carboxylic acids is 1. The number of amides is 1. The lowest BCUT2D eigenvalue weighted by molar-refractivity contribution is -0.137. The average Bonchev–Trinajstić information content (AvgIpc) is 3.00. The number of thiazole rings is 1. The van der Waals surface area contributed by atoms with Crippen LogP contribution in [-0.4, -0.2) is 33.5 Å². The van der Waals surface area contributed by atoms with Crippen LogP contribution >= 0.6 is 11.3 Å². The van der Waals surface area contributed by atoms with Gasteiger partial charge in [0.25, 0.3) is 0 Å². The zero-order chi connectivity index (χ0) is 16.5. The number of nitrogens with one attached hydrogen (secondary N) is 1. The van der Waals surface area contributed by atoms with E-state index >= 15 is 0 Å². The van der Waals surface area contributed by atoms with Gasteiger partial charge in [-0.3, -0.25) is 14.6 Å². The van der Waals surface area contributed by atoms with Gasteiger partial charge in [0, 0.05) is 36.3 Å². The molecule has 0 atom stereocenters. The summed E-state index contributed by atoms with van der Waals surface area (Å²) in [6.07, 6.45) is 6.13. The van der Waals surface area contributed by atoms with Crippen molar-refractivity contribution >= 4 is 23.2 Å². The maximum absolute atomic E-state index is 11.8. The molecule has 122 valence electrons. The molecule has 0 aliphatic heterocycles. The van der Waals surface area contributed by atoms with E-state index in [4.69, 9.17) is 5.11 Å². The first-order chi connectivity index (χ1) is 11.1. The van der Waals surface area contributed by atoms with E-state index in [0.29, 0.717) is 13.0 Å². The number of hydrogen-bond acceptors (Lipinski definition) is 5. The van der Waals surface area contributed by atoms with Crippen LogP contribution in [0.3, 0.4) is 0 Å². The molecule has 2 aromatic rings. The fraction of sp³-hybridized carbons (Fsp3) is 0.375. The Morgan fingerprint density at radius 3 is 2.87 bits per heavy atom. The van der Waals surface area contributed by atoms with E-state index in [9.17, 15) is 9.59 Å². The van der Waals surface area contributed by atoms with E-state index in [0.717, 1.165) is 29.1 Å². The van der Waals surface area contributed by atoms with Crippen LogP contribution in [0.25, 0.3) is 10.6 Å². The van der Waals surface area contributed by atoms with Crippen molar-refractivity contribution < 1.29 is 14.7 Å². The second kappa shape index (κ2) is 8.99. The van der Waals surface area contributed by atoms with Gasteiger partial charge in [-0.05, 0) is 25.0 Å². The van der Waals surface area contributed by atoms with Crippen LogP contribution in [0.1, 0.15) is 31.4 Å². The molecule has 0 saturated carbocycles. The van der Waals surface area contributed by atoms with Crippen molar-refractivity contribution in [2.75, 3.05) is 6.54 Å². The molecule has 1 amide bonds. The summed E-state index contributed by atoms with van der Waals surface area (Å²) in [6, 6.07) is 3.79. The summed E-state index contributed by atoms with van der Waals surface area (Å²) in [5.41, 5.74) is 1.69. The van der Waals surface area contributed by atoms with Crippen LogP contribution < -0.4 is 5.32 Å². The predicted molar refractivity (Wildman–Crippen MR) is 88.2 cm³/mol. The topological polar surface area (TPSA) is 92.2 Å². The minimum atomic E-state index is -0.776. The van der Waals surface area contributed by atoms with Crippen molar-refractivity contribution in [2.45, 2.75) is 32.1 Å². The number of nitrogens with zero attached hydrogens (tertiary/aromatic N) is 2. The molecule has 0 spiro atoms. The number of pyridine rings is 1. The zero-order valence-electron chi connectivity index (χ0n) is 12.7. The molecule has 0 aliphatic rings. The largest absolute Gasteiger partial charge is 0.481 e. The Labute approximate surface area is 138 Å². The molecular weight excluding hydrogens is 314 g/mol. The Morgan fingerprint density at radius 2 is 2.13 bits per heavy atom. The molecule has 0 aliphatic carbocycles. The summed E-state index contributed by atoms with van der Waals surface area (Å²) in [5, 5.41) is 14.1. The standard InChI is InChI=1S/C16H19N3O3S/c20-14(18-8-3-1-2-6-15(21)22)9-13-11-23-16(19-13)12-5-4-7-17-10-12/h4-5,7,10-11H,1-3,6,8-9H2,(H,18,20)(H,21,22). The van der Waals surface area contributed by atoms with E-state index in [-0.39, 0.29) is 18.7 Å². The fourth-order valence-corrected chi connectivity index (χ4v) is 2.85. The van der Waals surface area contributed by atoms with Gasteiger partial charge in [-0.25, -0.2) is 4.98 Å². The van der Waals surface area contributed by atoms with Crippen molar-refractivity contribution in [3.8, 4) is 10.6 Å². The first kappa shape index (κ1) is 17.1. The third-order valence-corrected chi connectivity index (χ3v) is 4.13. The van der Waals surface area contributed by atoms with Crippen LogP contribution in [0.2, 0.25) is 0 Å². The summed E-state index contributed by atoms with van der Waals surface area (Å²) in [4.78, 5) is 30.7. The SMILES string of the molecule is O=C(O)CCCCCNC(=O)Cc1csc(-c2cccnc2)n1. The zero-order valence-corrected chi connectivity index (χ0v) is 13.5. The Hall–Kier alpha value is -2.28. The van der Waals surface area contributed by atoms with Crippen LogP contribution in [0.5, 0.6) is 0 Å². The van der Waals surface area contributed by atoms with Gasteiger partial charge in [-0.2, -0.15) is 0 Å². The summed E-state index contributed by atoms with van der Waals surface area (Å²) >= 11 is 1.50. The summed E-state index contributed by atoms with van der Waals surface area (Å²) < 4.78 is 0. The van der Waals surface area contributed by atoms with Crippen LogP contribution in [0.15, 0.2) is 29.9 Å². The lowest BCUT2D eigenvalue weighted by Crippen LogP contribution is -2.26. The van der Waals surface area contributed by atoms with Crippen molar-refractivity contribution in [1.82, 2.24) is 15.3 Å². The number of unbranched alkanes of at least 4 members (excludes halogenated alkanes) is 2. The molecule has 6 nitrogen and oxygen atoms in total. The highest BCUT2D eigenvalue weighted by Gasteiger charge is 2.08. The van der Waals surface area contributed by atoms with Gasteiger partial charge in [0.05, 0.1) is 12.1 Å². The minimum Gasteiger partial charge on any atom is -0.481 e. The average molecular weight is 333 g/mol. The van der Waals surface area contributed by atoms with Crippen LogP contribution in [0, 0.1) is 0 Å². The minimum absolute atomic E-state index is 0.0636. The van der Waals surface area contributed by atoms with Gasteiger partial charge < -0.3 is 10.4 Å². The van der Waals surface area contributed by atoms with Crippen molar-refractivity contribution in [1.29, 1.82) is 0 Å². The molecule has 2 aromatic heterocycles. The van der Waals surface area contributed by atoms with E-state index < -0.39 is 5.97 Å². The molecule has 0 fully saturated rings. The van der Waals surface area contributed by atoms with E-state index in [1.54, 1.807) is 12.4 Å². The van der Waals surface area contributed by atoms with Crippen molar-refractivity contribution in [2.24, 2.45) is 0 Å². The lowest BCUT2D eigenvalue weighted by atomic mass is 10.2.